The van der Waals surface area contributed by atoms with E-state index < -0.39 is 11.2 Å². The van der Waals surface area contributed by atoms with Crippen molar-refractivity contribution in [3.05, 3.63) is 75.8 Å². The number of alkyl halides is 2. The van der Waals surface area contributed by atoms with E-state index in [9.17, 15) is 9.59 Å². The molecule has 12 rings (SSSR count). The highest BCUT2D eigenvalue weighted by molar-refractivity contribution is 7.10. The molecule has 6 fully saturated rings. The molecule has 6 saturated heterocycles. The van der Waals surface area contributed by atoms with Gasteiger partial charge < -0.3 is 29.5 Å². The second kappa shape index (κ2) is 25.3. The summed E-state index contributed by atoms with van der Waals surface area (Å²) < 4.78 is 20.3. The number of halogens is 3. The molecule has 420 valence electrons. The molecule has 8 aliphatic heterocycles. The first-order chi connectivity index (χ1) is 36.7. The van der Waals surface area contributed by atoms with E-state index in [1.165, 1.54) is 80.9 Å². The van der Waals surface area contributed by atoms with Gasteiger partial charge in [0.1, 0.15) is 22.9 Å². The molecule has 2 aromatic carbocycles. The average Bonchev–Trinajstić information content (AvgIpc) is 4.25. The lowest BCUT2D eigenvalue weighted by atomic mass is 9.73. The minimum Gasteiger partial charge on any atom is -0.443 e. The molecule has 15 nitrogen and oxygen atoms in total. The molecule has 0 radical (unpaired) electrons. The number of piperidine rings is 4. The Kier molecular flexibility index (Phi) is 19.5. The number of nitrogens with one attached hydrogen (secondary N) is 1. The fourth-order valence-electron chi connectivity index (χ4n) is 13.5. The van der Waals surface area contributed by atoms with Gasteiger partial charge in [0.15, 0.2) is 0 Å². The van der Waals surface area contributed by atoms with E-state index in [4.69, 9.17) is 54.5 Å². The number of nitriles is 1. The number of hydrogen-bond donors (Lipinski definition) is 1. The van der Waals surface area contributed by atoms with Crippen LogP contribution in [-0.4, -0.2) is 133 Å². The molecule has 1 N–H and O–H groups in total. The van der Waals surface area contributed by atoms with E-state index in [0.717, 1.165) is 111 Å². The number of nitrogens with zero attached hydrogens (tertiary/aromatic N) is 10. The number of anilines is 3. The van der Waals surface area contributed by atoms with Crippen molar-refractivity contribution in [2.24, 2.45) is 0 Å². The SMILES string of the molecule is CC#N.CC(C)(C)OC(=O)N1CC2(CCN(C3CC4CCC(C3)N4)CC2)c2ccccc21.Cc1nsc(Cl)n1.Cc1nsc(N2C3CCC2CC(N2CCC4(CC2)CN(C(=O)OC(C)(C)C)c2ccccc24)C3)n1.ClCCl. The predicted molar refractivity (Wildman–Crippen MR) is 312 cm³/mol. The summed E-state index contributed by atoms with van der Waals surface area (Å²) in [7, 11) is 0. The lowest BCUT2D eigenvalue weighted by molar-refractivity contribution is 0.0551. The van der Waals surface area contributed by atoms with Gasteiger partial charge in [-0.3, -0.25) is 9.80 Å². The molecule has 4 aromatic rings. The molecular weight excluding hydrogens is 1070 g/mol. The zero-order valence-corrected chi connectivity index (χ0v) is 50.5. The highest BCUT2D eigenvalue weighted by atomic mass is 35.5. The third-order valence-corrected chi connectivity index (χ3v) is 18.3. The molecule has 4 bridgehead atoms. The summed E-state index contributed by atoms with van der Waals surface area (Å²) in [5.74, 6) is 1.64. The highest BCUT2D eigenvalue weighted by Gasteiger charge is 2.51. The van der Waals surface area contributed by atoms with E-state index in [1.54, 1.807) is 17.6 Å². The Morgan fingerprint density at radius 1 is 0.675 bits per heavy atom. The average molecular weight is 1150 g/mol. The van der Waals surface area contributed by atoms with Crippen LogP contribution in [0.4, 0.5) is 26.1 Å². The molecular formula is C57H80Cl3N11O4S2. The van der Waals surface area contributed by atoms with Gasteiger partial charge in [0.2, 0.25) is 9.60 Å². The Morgan fingerprint density at radius 3 is 1.44 bits per heavy atom. The van der Waals surface area contributed by atoms with Crippen molar-refractivity contribution in [2.75, 3.05) is 59.3 Å². The smallest absolute Gasteiger partial charge is 0.414 e. The molecule has 2 spiro atoms. The van der Waals surface area contributed by atoms with E-state index in [0.29, 0.717) is 22.6 Å². The maximum absolute atomic E-state index is 13.1. The van der Waals surface area contributed by atoms with Crippen LogP contribution in [0.3, 0.4) is 0 Å². The number of amides is 2. The molecule has 2 amide bonds. The van der Waals surface area contributed by atoms with Crippen LogP contribution in [-0.2, 0) is 20.3 Å². The normalized spacial score (nSPS) is 25.6. The van der Waals surface area contributed by atoms with Crippen molar-refractivity contribution in [1.29, 1.82) is 5.26 Å². The van der Waals surface area contributed by atoms with Crippen molar-refractivity contribution < 1.29 is 19.1 Å². The molecule has 20 heteroatoms. The van der Waals surface area contributed by atoms with E-state index in [1.807, 2.05) is 77.3 Å². The minimum atomic E-state index is -0.493. The number of carbonyl (C=O) groups is 2. The van der Waals surface area contributed by atoms with Gasteiger partial charge in [0.05, 0.1) is 22.8 Å². The second-order valence-corrected chi connectivity index (χ2v) is 26.9. The van der Waals surface area contributed by atoms with Crippen molar-refractivity contribution in [3.63, 3.8) is 0 Å². The maximum Gasteiger partial charge on any atom is 0.414 e. The zero-order valence-electron chi connectivity index (χ0n) is 46.6. The number of carbonyl (C=O) groups excluding carboxylic acids is 2. The summed E-state index contributed by atoms with van der Waals surface area (Å²) in [5.41, 5.74) is 3.91. The number of rotatable bonds is 3. The monoisotopic (exact) mass is 1150 g/mol. The van der Waals surface area contributed by atoms with Gasteiger partial charge in [-0.05, 0) is 205 Å². The lowest BCUT2D eigenvalue weighted by Gasteiger charge is -2.47. The summed E-state index contributed by atoms with van der Waals surface area (Å²) in [6.45, 7) is 22.8. The molecule has 8 aliphatic rings. The number of likely N-dealkylation sites (tertiary alicyclic amines) is 2. The molecule has 4 unspecified atom stereocenters. The largest absolute Gasteiger partial charge is 0.443 e. The fourth-order valence-corrected chi connectivity index (χ4v) is 14.9. The van der Waals surface area contributed by atoms with Crippen LogP contribution >= 0.6 is 57.9 Å². The van der Waals surface area contributed by atoms with Gasteiger partial charge in [-0.2, -0.15) is 14.0 Å². The van der Waals surface area contributed by atoms with Gasteiger partial charge in [-0.1, -0.05) is 36.4 Å². The van der Waals surface area contributed by atoms with Gasteiger partial charge >= 0.3 is 12.2 Å². The summed E-state index contributed by atoms with van der Waals surface area (Å²) >= 11 is 17.7. The van der Waals surface area contributed by atoms with Crippen molar-refractivity contribution in [2.45, 2.75) is 198 Å². The van der Waals surface area contributed by atoms with Crippen LogP contribution in [0.5, 0.6) is 0 Å². The maximum atomic E-state index is 13.1. The summed E-state index contributed by atoms with van der Waals surface area (Å²) in [4.78, 5) is 46.3. The quantitative estimate of drug-likeness (QED) is 0.194. The van der Waals surface area contributed by atoms with Crippen LogP contribution < -0.4 is 20.0 Å². The molecule has 77 heavy (non-hydrogen) atoms. The highest BCUT2D eigenvalue weighted by Crippen LogP contribution is 2.50. The molecule has 10 heterocycles. The van der Waals surface area contributed by atoms with Crippen LogP contribution in [0.2, 0.25) is 4.47 Å². The van der Waals surface area contributed by atoms with Crippen LogP contribution in [0, 0.1) is 25.2 Å². The van der Waals surface area contributed by atoms with E-state index in [2.05, 4.69) is 70.1 Å². The third kappa shape index (κ3) is 14.2. The number of hydrogen-bond acceptors (Lipinski definition) is 15. The number of aromatic nitrogens is 4. The topological polar surface area (TPSA) is 156 Å². The Morgan fingerprint density at radius 2 is 1.08 bits per heavy atom. The Labute approximate surface area is 480 Å². The van der Waals surface area contributed by atoms with Crippen LogP contribution in [0.15, 0.2) is 48.5 Å². The van der Waals surface area contributed by atoms with E-state index >= 15 is 0 Å². The minimum absolute atomic E-state index is 0.0355. The fraction of sp³-hybridized carbons (Fsp3) is 0.667. The standard InChI is InChI=1S/C27H37N5O2S.C24H35N3O2.C3H3ClN2S.C2H3N.CH2Cl2/c1-18-28-24(35-29-18)32-19-9-10-20(32)16-21(15-19)30-13-11-27(12-14-30)17-31(25(33)34-26(2,3)4)23-8-6-5-7-22(23)27;1-23(2,3)29-22(28)27-16-24(20-6-4-5-7-21(20)27)10-12-26(13-11-24)19-14-17-8-9-18(15-19)25-17;1-2-5-3(4)7-6-2;1-2-3;2-1-3/h5-8,19-21H,9-17H2,1-4H3;4-7,17-19,25H,8-16H2,1-3H3;1H3;1H3;1H2. The lowest BCUT2D eigenvalue weighted by Crippen LogP contribution is -2.54. The Bertz CT molecular complexity index is 2610. The van der Waals surface area contributed by atoms with Crippen molar-refractivity contribution in [1.82, 2.24) is 33.8 Å². The number of aryl methyl sites for hydroxylation is 2. The Balaban J connectivity index is 0.000000167. The van der Waals surface area contributed by atoms with E-state index in [-0.39, 0.29) is 28.4 Å². The van der Waals surface area contributed by atoms with Crippen molar-refractivity contribution >= 4 is 86.6 Å². The molecule has 2 aromatic heterocycles. The zero-order chi connectivity index (χ0) is 55.3. The summed E-state index contributed by atoms with van der Waals surface area (Å²) in [6.07, 6.45) is 14.3. The second-order valence-electron chi connectivity index (χ2n) is 24.0. The van der Waals surface area contributed by atoms with Gasteiger partial charge in [0.25, 0.3) is 0 Å². The first kappa shape index (κ1) is 59.3. The first-order valence-electron chi connectivity index (χ1n) is 27.6. The number of ether oxygens (including phenoxy) is 2. The summed E-state index contributed by atoms with van der Waals surface area (Å²) in [5, 5.41) is 12.4. The Hall–Kier alpha value is -3.86. The van der Waals surface area contributed by atoms with Gasteiger partial charge in [0, 0.05) is 78.6 Å². The molecule has 0 aliphatic carbocycles. The first-order valence-corrected chi connectivity index (χ1v) is 30.6. The molecule has 0 saturated carbocycles. The van der Waals surface area contributed by atoms with Crippen molar-refractivity contribution in [3.8, 4) is 6.07 Å². The predicted octanol–water partition coefficient (Wildman–Crippen LogP) is 12.6. The number of benzene rings is 2. The van der Waals surface area contributed by atoms with Crippen LogP contribution in [0.1, 0.15) is 148 Å². The van der Waals surface area contributed by atoms with Crippen LogP contribution in [0.25, 0.3) is 0 Å². The van der Waals surface area contributed by atoms with Gasteiger partial charge in [-0.15, -0.1) is 23.2 Å². The van der Waals surface area contributed by atoms with Gasteiger partial charge in [-0.25, -0.2) is 19.6 Å². The summed E-state index contributed by atoms with van der Waals surface area (Å²) in [6, 6.07) is 22.8. The third-order valence-electron chi connectivity index (χ3n) is 16.6. The number of para-hydroxylation sites is 2. The molecule has 4 atom stereocenters. The number of fused-ring (bicyclic) bond motifs is 8.